The predicted octanol–water partition coefficient (Wildman–Crippen LogP) is 4.67. The first-order chi connectivity index (χ1) is 15.0. The smallest absolute Gasteiger partial charge is 0.228 e. The topological polar surface area (TPSA) is 54.1 Å². The molecule has 0 saturated carbocycles. The van der Waals surface area contributed by atoms with Crippen molar-refractivity contribution in [1.82, 2.24) is 14.5 Å². The molecule has 1 N–H and O–H groups in total. The molecule has 5 heteroatoms. The lowest BCUT2D eigenvalue weighted by Gasteiger charge is -2.30. The van der Waals surface area contributed by atoms with Gasteiger partial charge in [-0.2, -0.15) is 0 Å². The summed E-state index contributed by atoms with van der Waals surface area (Å²) in [6, 6.07) is 21.1. The van der Waals surface area contributed by atoms with E-state index in [2.05, 4.69) is 71.4 Å². The van der Waals surface area contributed by atoms with E-state index >= 15 is 0 Å². The second-order valence-electron chi connectivity index (χ2n) is 8.45. The summed E-state index contributed by atoms with van der Waals surface area (Å²) in [5, 5.41) is 11.4. The Morgan fingerprint density at radius 2 is 1.77 bits per heavy atom. The number of hydrogen-bond acceptors (Lipinski definition) is 4. The molecule has 0 radical (unpaired) electrons. The number of nitrogens with one attached hydrogen (secondary N) is 1. The number of rotatable bonds is 4. The molecule has 1 aliphatic rings. The zero-order valence-corrected chi connectivity index (χ0v) is 18.1. The molecule has 31 heavy (non-hydrogen) atoms. The summed E-state index contributed by atoms with van der Waals surface area (Å²) in [6.07, 6.45) is 1.73. The third kappa shape index (κ3) is 3.41. The molecular formula is C26H26N4O. The van der Waals surface area contributed by atoms with Crippen molar-refractivity contribution in [2.24, 2.45) is 0 Å². The van der Waals surface area contributed by atoms with E-state index in [0.717, 1.165) is 34.4 Å². The maximum absolute atomic E-state index is 9.06. The number of aromatic nitrogens is 2. The second-order valence-corrected chi connectivity index (χ2v) is 8.45. The van der Waals surface area contributed by atoms with E-state index in [4.69, 9.17) is 10.1 Å². The Bertz CT molecular complexity index is 1320. The Labute approximate surface area is 182 Å². The fraction of sp³-hybridized carbons (Fsp3) is 0.231. The molecule has 1 aromatic heterocycles. The van der Waals surface area contributed by atoms with Crippen LogP contribution in [-0.4, -0.2) is 35.1 Å². The van der Waals surface area contributed by atoms with Gasteiger partial charge in [-0.05, 0) is 43.4 Å². The summed E-state index contributed by atoms with van der Waals surface area (Å²) < 4.78 is 8.18. The van der Waals surface area contributed by atoms with Gasteiger partial charge in [-0.1, -0.05) is 60.2 Å². The first-order valence-electron chi connectivity index (χ1n) is 10.6. The number of ether oxygens (including phenoxy) is 1. The number of benzene rings is 3. The lowest BCUT2D eigenvalue weighted by Crippen LogP contribution is -2.32. The molecule has 2 heterocycles. The van der Waals surface area contributed by atoms with Crippen molar-refractivity contribution >= 4 is 10.8 Å². The van der Waals surface area contributed by atoms with Gasteiger partial charge in [-0.25, -0.2) is 4.98 Å². The molecule has 5 rings (SSSR count). The van der Waals surface area contributed by atoms with Gasteiger partial charge in [0.25, 0.3) is 0 Å². The van der Waals surface area contributed by atoms with Crippen LogP contribution in [0.25, 0.3) is 10.8 Å². The van der Waals surface area contributed by atoms with E-state index in [9.17, 15) is 0 Å². The molecule has 0 aliphatic carbocycles. The van der Waals surface area contributed by atoms with Crippen molar-refractivity contribution < 1.29 is 4.74 Å². The van der Waals surface area contributed by atoms with Gasteiger partial charge in [-0.3, -0.25) is 5.41 Å². The highest BCUT2D eigenvalue weighted by Crippen LogP contribution is 2.47. The molecule has 0 amide bonds. The fourth-order valence-electron chi connectivity index (χ4n) is 4.33. The van der Waals surface area contributed by atoms with Gasteiger partial charge in [0, 0.05) is 24.6 Å². The first-order valence-corrected chi connectivity index (χ1v) is 10.6. The maximum Gasteiger partial charge on any atom is 0.228 e. The van der Waals surface area contributed by atoms with Crippen LogP contribution in [0.4, 0.5) is 0 Å². The van der Waals surface area contributed by atoms with Crippen LogP contribution in [0, 0.1) is 12.3 Å². The highest BCUT2D eigenvalue weighted by molar-refractivity contribution is 5.90. The average Bonchev–Trinajstić information content (AvgIpc) is 2.77. The highest BCUT2D eigenvalue weighted by Gasteiger charge is 2.33. The van der Waals surface area contributed by atoms with Crippen molar-refractivity contribution in [2.75, 3.05) is 20.6 Å². The molecule has 3 aromatic carbocycles. The van der Waals surface area contributed by atoms with Crippen LogP contribution in [0.5, 0.6) is 11.6 Å². The van der Waals surface area contributed by atoms with Gasteiger partial charge in [0.05, 0.1) is 5.56 Å². The van der Waals surface area contributed by atoms with Crippen molar-refractivity contribution in [3.8, 4) is 11.6 Å². The zero-order valence-electron chi connectivity index (χ0n) is 18.1. The predicted molar refractivity (Wildman–Crippen MR) is 123 cm³/mol. The van der Waals surface area contributed by atoms with Gasteiger partial charge in [0.2, 0.25) is 5.88 Å². The molecule has 5 nitrogen and oxygen atoms in total. The minimum Gasteiger partial charge on any atom is -0.438 e. The molecule has 1 atom stereocenters. The van der Waals surface area contributed by atoms with E-state index < -0.39 is 0 Å². The largest absolute Gasteiger partial charge is 0.438 e. The number of likely N-dealkylation sites (N-methyl/N-ethyl adjacent to an activating group) is 1. The van der Waals surface area contributed by atoms with Crippen LogP contribution >= 0.6 is 0 Å². The van der Waals surface area contributed by atoms with Crippen molar-refractivity contribution in [2.45, 2.75) is 19.4 Å². The maximum atomic E-state index is 9.06. The molecule has 1 aliphatic heterocycles. The van der Waals surface area contributed by atoms with Gasteiger partial charge < -0.3 is 14.2 Å². The summed E-state index contributed by atoms with van der Waals surface area (Å²) in [6.45, 7) is 3.64. The van der Waals surface area contributed by atoms with E-state index in [1.165, 1.54) is 10.9 Å². The van der Waals surface area contributed by atoms with Crippen LogP contribution in [0.2, 0.25) is 0 Å². The van der Waals surface area contributed by atoms with Crippen molar-refractivity contribution in [1.29, 1.82) is 5.41 Å². The molecule has 0 saturated heterocycles. The molecule has 0 fully saturated rings. The van der Waals surface area contributed by atoms with Crippen LogP contribution < -0.4 is 10.2 Å². The quantitative estimate of drug-likeness (QED) is 0.468. The van der Waals surface area contributed by atoms with E-state index in [0.29, 0.717) is 17.9 Å². The number of nitrogens with zero attached hydrogens (tertiary/aromatic N) is 3. The molecule has 156 valence electrons. The van der Waals surface area contributed by atoms with Crippen LogP contribution in [0.1, 0.15) is 28.2 Å². The minimum atomic E-state index is -0.114. The van der Waals surface area contributed by atoms with E-state index in [1.807, 2.05) is 24.7 Å². The summed E-state index contributed by atoms with van der Waals surface area (Å²) >= 11 is 0. The van der Waals surface area contributed by atoms with Crippen LogP contribution in [-0.2, 0) is 6.54 Å². The Morgan fingerprint density at radius 3 is 2.55 bits per heavy atom. The Balaban J connectivity index is 1.78. The highest BCUT2D eigenvalue weighted by atomic mass is 16.5. The van der Waals surface area contributed by atoms with E-state index in [-0.39, 0.29) is 5.92 Å². The fourth-order valence-corrected chi connectivity index (χ4v) is 4.33. The SMILES string of the molecule is Cc1ccc(C2c3c(ncn(CCN(C)C)c3=N)Oc3ccc4ccccc4c32)cc1. The van der Waals surface area contributed by atoms with E-state index in [1.54, 1.807) is 6.33 Å². The zero-order chi connectivity index (χ0) is 21.5. The summed E-state index contributed by atoms with van der Waals surface area (Å²) in [7, 11) is 4.08. The Hall–Kier alpha value is -3.44. The first kappa shape index (κ1) is 19.5. The molecule has 4 aromatic rings. The van der Waals surface area contributed by atoms with Crippen molar-refractivity contribution in [3.05, 3.63) is 94.7 Å². The number of aryl methyl sites for hydroxylation is 1. The molecule has 0 spiro atoms. The third-order valence-corrected chi connectivity index (χ3v) is 6.00. The standard InChI is InChI=1S/C26H26N4O/c1-17-8-10-19(11-9-17)22-23-20-7-5-4-6-18(20)12-13-21(23)31-26-24(22)25(27)30(16-28-26)15-14-29(2)3/h4-13,16,22,27H,14-15H2,1-3H3. The second kappa shape index (κ2) is 7.67. The van der Waals surface area contributed by atoms with Crippen molar-refractivity contribution in [3.63, 3.8) is 0 Å². The van der Waals surface area contributed by atoms with Gasteiger partial charge in [-0.15, -0.1) is 0 Å². The van der Waals surface area contributed by atoms with Crippen LogP contribution in [0.3, 0.4) is 0 Å². The lowest BCUT2D eigenvalue weighted by atomic mass is 9.81. The Morgan fingerprint density at radius 1 is 1.00 bits per heavy atom. The molecule has 0 bridgehead atoms. The molecular weight excluding hydrogens is 384 g/mol. The number of fused-ring (bicyclic) bond motifs is 4. The summed E-state index contributed by atoms with van der Waals surface area (Å²) in [5.41, 5.74) is 4.75. The average molecular weight is 411 g/mol. The number of hydrogen-bond donors (Lipinski definition) is 1. The summed E-state index contributed by atoms with van der Waals surface area (Å²) in [4.78, 5) is 6.75. The van der Waals surface area contributed by atoms with Gasteiger partial charge >= 0.3 is 0 Å². The van der Waals surface area contributed by atoms with Gasteiger partial charge in [0.15, 0.2) is 0 Å². The summed E-state index contributed by atoms with van der Waals surface area (Å²) in [5.74, 6) is 1.23. The minimum absolute atomic E-state index is 0.114. The Kier molecular flexibility index (Phi) is 4.83. The molecule has 1 unspecified atom stereocenters. The monoisotopic (exact) mass is 410 g/mol. The van der Waals surface area contributed by atoms with Crippen LogP contribution in [0.15, 0.2) is 67.0 Å². The lowest BCUT2D eigenvalue weighted by molar-refractivity contribution is 0.371. The normalized spacial score (nSPS) is 14.9. The van der Waals surface area contributed by atoms with Gasteiger partial charge in [0.1, 0.15) is 17.6 Å². The third-order valence-electron chi connectivity index (χ3n) is 6.00.